The molecule has 1 amide bonds. The van der Waals surface area contributed by atoms with E-state index in [0.717, 1.165) is 11.3 Å². The molecule has 25 heavy (non-hydrogen) atoms. The molecule has 0 saturated carbocycles. The third-order valence-electron chi connectivity index (χ3n) is 3.30. The Morgan fingerprint density at radius 1 is 1.24 bits per heavy atom. The average Bonchev–Trinajstić information content (AvgIpc) is 2.49. The molecule has 4 N–H and O–H groups in total. The zero-order valence-electron chi connectivity index (χ0n) is 14.8. The van der Waals surface area contributed by atoms with Crippen LogP contribution in [0.5, 0.6) is 0 Å². The summed E-state index contributed by atoms with van der Waals surface area (Å²) in [7, 11) is -3.41. The zero-order chi connectivity index (χ0) is 18.2. The largest absolute Gasteiger partial charge is 0.351 e. The second kappa shape index (κ2) is 11.7. The van der Waals surface area contributed by atoms with Gasteiger partial charge in [-0.2, -0.15) is 11.8 Å². The van der Waals surface area contributed by atoms with Crippen molar-refractivity contribution in [3.05, 3.63) is 35.4 Å². The van der Waals surface area contributed by atoms with Crippen molar-refractivity contribution in [2.24, 2.45) is 5.73 Å². The fraction of sp³-hybridized carbons (Fsp3) is 0.562. The van der Waals surface area contributed by atoms with Crippen molar-refractivity contribution in [2.45, 2.75) is 44.6 Å². The van der Waals surface area contributed by atoms with Gasteiger partial charge in [0.05, 0.1) is 11.8 Å². The number of hydrogen-bond acceptors (Lipinski definition) is 5. The number of carbonyl (C=O) groups is 1. The van der Waals surface area contributed by atoms with Crippen LogP contribution >= 0.6 is 24.2 Å². The Morgan fingerprint density at radius 3 is 2.40 bits per heavy atom. The van der Waals surface area contributed by atoms with E-state index in [1.165, 1.54) is 0 Å². The Labute approximate surface area is 161 Å². The maximum Gasteiger partial charge on any atom is 0.237 e. The average molecular weight is 410 g/mol. The summed E-state index contributed by atoms with van der Waals surface area (Å²) in [6.07, 6.45) is 2.58. The normalized spacial score (nSPS) is 12.5. The first-order valence-corrected chi connectivity index (χ1v) is 10.9. The molecule has 1 aromatic carbocycles. The molecule has 1 aromatic rings. The van der Waals surface area contributed by atoms with Crippen molar-refractivity contribution >= 4 is 40.1 Å². The number of nitrogens with two attached hydrogens (primary N) is 1. The number of sulfonamides is 1. The number of hydrogen-bond donors (Lipinski definition) is 3. The first kappa shape index (κ1) is 24.2. The Kier molecular flexibility index (Phi) is 11.4. The molecule has 0 heterocycles. The van der Waals surface area contributed by atoms with Crippen LogP contribution in [0.2, 0.25) is 0 Å². The van der Waals surface area contributed by atoms with Gasteiger partial charge in [0.15, 0.2) is 0 Å². The third kappa shape index (κ3) is 9.46. The van der Waals surface area contributed by atoms with Crippen LogP contribution in [0.4, 0.5) is 0 Å². The molecule has 0 aromatic heterocycles. The van der Waals surface area contributed by atoms with Gasteiger partial charge in [0, 0.05) is 12.6 Å². The van der Waals surface area contributed by atoms with Crippen molar-refractivity contribution in [1.29, 1.82) is 0 Å². The quantitative estimate of drug-likeness (QED) is 0.545. The van der Waals surface area contributed by atoms with Crippen LogP contribution in [0.25, 0.3) is 0 Å². The van der Waals surface area contributed by atoms with Gasteiger partial charge in [-0.15, -0.1) is 12.4 Å². The Bertz CT molecular complexity index is 639. The molecule has 144 valence electrons. The minimum atomic E-state index is -3.41. The zero-order valence-corrected chi connectivity index (χ0v) is 17.3. The number of nitrogens with one attached hydrogen (secondary N) is 2. The number of halogens is 1. The molecule has 0 spiro atoms. The van der Waals surface area contributed by atoms with Gasteiger partial charge >= 0.3 is 0 Å². The first-order valence-electron chi connectivity index (χ1n) is 7.84. The lowest BCUT2D eigenvalue weighted by Gasteiger charge is -2.15. The van der Waals surface area contributed by atoms with E-state index in [-0.39, 0.29) is 36.7 Å². The topological polar surface area (TPSA) is 101 Å². The van der Waals surface area contributed by atoms with Crippen molar-refractivity contribution in [3.63, 3.8) is 0 Å². The van der Waals surface area contributed by atoms with Crippen LogP contribution in [-0.4, -0.2) is 38.4 Å². The minimum absolute atomic E-state index is 0. The lowest BCUT2D eigenvalue weighted by Crippen LogP contribution is -2.40. The molecule has 6 nitrogen and oxygen atoms in total. The van der Waals surface area contributed by atoms with Crippen molar-refractivity contribution in [1.82, 2.24) is 10.0 Å². The van der Waals surface area contributed by atoms with Gasteiger partial charge in [0.1, 0.15) is 0 Å². The van der Waals surface area contributed by atoms with Gasteiger partial charge < -0.3 is 11.1 Å². The highest BCUT2D eigenvalue weighted by Gasteiger charge is 2.17. The molecule has 0 bridgehead atoms. The highest BCUT2D eigenvalue weighted by molar-refractivity contribution is 7.98. The third-order valence-corrected chi connectivity index (χ3v) is 5.47. The molecular formula is C16H28ClN3O3S2. The van der Waals surface area contributed by atoms with Gasteiger partial charge in [0.2, 0.25) is 15.9 Å². The maximum atomic E-state index is 12.1. The van der Waals surface area contributed by atoms with E-state index in [4.69, 9.17) is 5.73 Å². The van der Waals surface area contributed by atoms with E-state index < -0.39 is 16.1 Å². The molecule has 0 saturated heterocycles. The molecular weight excluding hydrogens is 382 g/mol. The van der Waals surface area contributed by atoms with Crippen LogP contribution in [0.1, 0.15) is 31.4 Å². The van der Waals surface area contributed by atoms with Crippen LogP contribution in [0.3, 0.4) is 0 Å². The summed E-state index contributed by atoms with van der Waals surface area (Å²) in [5.74, 6) is 0.488. The van der Waals surface area contributed by atoms with Gasteiger partial charge in [-0.25, -0.2) is 13.1 Å². The number of carbonyl (C=O) groups excluding carboxylic acids is 1. The van der Waals surface area contributed by atoms with Crippen molar-refractivity contribution < 1.29 is 13.2 Å². The Morgan fingerprint density at radius 2 is 1.84 bits per heavy atom. The highest BCUT2D eigenvalue weighted by Crippen LogP contribution is 2.12. The molecule has 1 atom stereocenters. The van der Waals surface area contributed by atoms with Gasteiger partial charge in [-0.1, -0.05) is 24.3 Å². The number of benzene rings is 1. The predicted octanol–water partition coefficient (Wildman–Crippen LogP) is 1.63. The van der Waals surface area contributed by atoms with Crippen molar-refractivity contribution in [2.75, 3.05) is 12.0 Å². The van der Waals surface area contributed by atoms with E-state index in [0.29, 0.717) is 12.0 Å². The summed E-state index contributed by atoms with van der Waals surface area (Å²) in [6, 6.07) is 6.48. The van der Waals surface area contributed by atoms with E-state index in [1.54, 1.807) is 37.7 Å². The monoisotopic (exact) mass is 409 g/mol. The smallest absolute Gasteiger partial charge is 0.237 e. The first-order chi connectivity index (χ1) is 11.2. The molecule has 9 heteroatoms. The Hall–Kier alpha value is -0.800. The number of thioether (sulfide) groups is 1. The van der Waals surface area contributed by atoms with Crippen LogP contribution in [0.15, 0.2) is 24.3 Å². The van der Waals surface area contributed by atoms with Gasteiger partial charge in [-0.3, -0.25) is 4.79 Å². The van der Waals surface area contributed by atoms with E-state index in [1.807, 2.05) is 18.4 Å². The molecule has 0 aliphatic rings. The SMILES string of the molecule is CSCC[C@H](N)C(=O)NCc1ccccc1CS(=O)(=O)NC(C)C.Cl. The fourth-order valence-corrected chi connectivity index (χ4v) is 4.15. The van der Waals surface area contributed by atoms with Gasteiger partial charge in [0.25, 0.3) is 0 Å². The second-order valence-corrected chi connectivity index (χ2v) is 8.65. The Balaban J connectivity index is 0.00000576. The summed E-state index contributed by atoms with van der Waals surface area (Å²) in [6.45, 7) is 3.82. The predicted molar refractivity (Wildman–Crippen MR) is 107 cm³/mol. The van der Waals surface area contributed by atoms with Crippen molar-refractivity contribution in [3.8, 4) is 0 Å². The summed E-state index contributed by atoms with van der Waals surface area (Å²) in [4.78, 5) is 12.0. The van der Waals surface area contributed by atoms with Crippen LogP contribution < -0.4 is 15.8 Å². The maximum absolute atomic E-state index is 12.1. The summed E-state index contributed by atoms with van der Waals surface area (Å²) < 4.78 is 26.8. The minimum Gasteiger partial charge on any atom is -0.351 e. The second-order valence-electron chi connectivity index (χ2n) is 5.91. The summed E-state index contributed by atoms with van der Waals surface area (Å²) in [5.41, 5.74) is 7.28. The van der Waals surface area contributed by atoms with E-state index in [2.05, 4.69) is 10.0 Å². The molecule has 0 fully saturated rings. The highest BCUT2D eigenvalue weighted by atomic mass is 35.5. The lowest BCUT2D eigenvalue weighted by molar-refractivity contribution is -0.122. The standard InChI is InChI=1S/C16H27N3O3S2.ClH/c1-12(2)19-24(21,22)11-14-7-5-4-6-13(14)10-18-16(20)15(17)8-9-23-3;/h4-7,12,15,19H,8-11,17H2,1-3H3,(H,18,20);1H/t15-;/m0./s1. The summed E-state index contributed by atoms with van der Waals surface area (Å²) in [5, 5.41) is 2.79. The van der Waals surface area contributed by atoms with Crippen LogP contribution in [-0.2, 0) is 27.1 Å². The number of rotatable bonds is 10. The van der Waals surface area contributed by atoms with Gasteiger partial charge in [-0.05, 0) is 43.4 Å². The molecule has 0 unspecified atom stereocenters. The molecule has 0 aliphatic carbocycles. The fourth-order valence-electron chi connectivity index (χ4n) is 2.17. The lowest BCUT2D eigenvalue weighted by atomic mass is 10.1. The number of amides is 1. The molecule has 1 rings (SSSR count). The molecule has 0 aliphatic heterocycles. The van der Waals surface area contributed by atoms with Crippen LogP contribution in [0, 0.1) is 0 Å². The van der Waals surface area contributed by atoms with E-state index >= 15 is 0 Å². The molecule has 0 radical (unpaired) electrons. The van der Waals surface area contributed by atoms with E-state index in [9.17, 15) is 13.2 Å². The summed E-state index contributed by atoms with van der Waals surface area (Å²) >= 11 is 1.64.